The van der Waals surface area contributed by atoms with Gasteiger partial charge in [0, 0.05) is 12.1 Å². The molecule has 3 unspecified atom stereocenters. The van der Waals surface area contributed by atoms with E-state index in [-0.39, 0.29) is 0 Å². The first-order valence-corrected chi connectivity index (χ1v) is 7.78. The van der Waals surface area contributed by atoms with Crippen molar-refractivity contribution in [3.63, 3.8) is 0 Å². The Hall–Kier alpha value is -0.0800. The molecule has 1 saturated carbocycles. The first kappa shape index (κ1) is 13.4. The number of nitrogens with one attached hydrogen (secondary N) is 1. The lowest BCUT2D eigenvalue weighted by molar-refractivity contribution is 0.0837. The molecule has 0 aromatic heterocycles. The van der Waals surface area contributed by atoms with Crippen LogP contribution < -0.4 is 5.32 Å². The summed E-state index contributed by atoms with van der Waals surface area (Å²) in [5.74, 6) is 0.932. The quantitative estimate of drug-likeness (QED) is 0.810. The van der Waals surface area contributed by atoms with Gasteiger partial charge in [-0.15, -0.1) is 0 Å². The van der Waals surface area contributed by atoms with Crippen molar-refractivity contribution < 1.29 is 0 Å². The second-order valence-corrected chi connectivity index (χ2v) is 6.14. The molecular formula is C15H30N2. The fourth-order valence-corrected chi connectivity index (χ4v) is 3.57. The van der Waals surface area contributed by atoms with E-state index in [9.17, 15) is 0 Å². The summed E-state index contributed by atoms with van der Waals surface area (Å²) in [5.41, 5.74) is 0. The minimum atomic E-state index is 0.768. The van der Waals surface area contributed by atoms with E-state index in [0.717, 1.165) is 18.0 Å². The highest BCUT2D eigenvalue weighted by Crippen LogP contribution is 2.29. The van der Waals surface area contributed by atoms with Crippen LogP contribution in [0.5, 0.6) is 0 Å². The van der Waals surface area contributed by atoms with E-state index < -0.39 is 0 Å². The highest BCUT2D eigenvalue weighted by Gasteiger charge is 2.32. The molecule has 2 heteroatoms. The van der Waals surface area contributed by atoms with Crippen molar-refractivity contribution in [1.29, 1.82) is 0 Å². The van der Waals surface area contributed by atoms with E-state index >= 15 is 0 Å². The van der Waals surface area contributed by atoms with Crippen LogP contribution >= 0.6 is 0 Å². The van der Waals surface area contributed by atoms with E-state index in [1.54, 1.807) is 0 Å². The number of rotatable bonds is 4. The van der Waals surface area contributed by atoms with E-state index in [1.165, 1.54) is 64.6 Å². The SMILES string of the molecule is CCCNC1CCC(C)CC1N1CCCCC1. The Labute approximate surface area is 107 Å². The van der Waals surface area contributed by atoms with Gasteiger partial charge in [-0.25, -0.2) is 0 Å². The molecule has 1 aliphatic heterocycles. The van der Waals surface area contributed by atoms with Crippen LogP contribution in [0.15, 0.2) is 0 Å². The van der Waals surface area contributed by atoms with Crippen LogP contribution in [-0.4, -0.2) is 36.6 Å². The van der Waals surface area contributed by atoms with Gasteiger partial charge in [-0.2, -0.15) is 0 Å². The van der Waals surface area contributed by atoms with Crippen LogP contribution in [0.25, 0.3) is 0 Å². The number of hydrogen-bond acceptors (Lipinski definition) is 2. The van der Waals surface area contributed by atoms with Gasteiger partial charge >= 0.3 is 0 Å². The van der Waals surface area contributed by atoms with Gasteiger partial charge in [0.2, 0.25) is 0 Å². The zero-order chi connectivity index (χ0) is 12.1. The third kappa shape index (κ3) is 3.69. The van der Waals surface area contributed by atoms with Crippen LogP contribution in [0.3, 0.4) is 0 Å². The van der Waals surface area contributed by atoms with E-state index in [4.69, 9.17) is 0 Å². The molecule has 1 N–H and O–H groups in total. The summed E-state index contributed by atoms with van der Waals surface area (Å²) in [7, 11) is 0. The molecule has 1 heterocycles. The Balaban J connectivity index is 1.92. The highest BCUT2D eigenvalue weighted by molar-refractivity contribution is 4.91. The number of nitrogens with zero attached hydrogens (tertiary/aromatic N) is 1. The predicted octanol–water partition coefficient (Wildman–Crippen LogP) is 3.03. The molecule has 2 aliphatic rings. The second kappa shape index (κ2) is 6.75. The topological polar surface area (TPSA) is 15.3 Å². The Morgan fingerprint density at radius 3 is 2.59 bits per heavy atom. The molecule has 0 spiro atoms. The van der Waals surface area contributed by atoms with Crippen LogP contribution in [0.2, 0.25) is 0 Å². The second-order valence-electron chi connectivity index (χ2n) is 6.14. The zero-order valence-corrected chi connectivity index (χ0v) is 11.8. The monoisotopic (exact) mass is 238 g/mol. The Morgan fingerprint density at radius 2 is 1.88 bits per heavy atom. The third-order valence-corrected chi connectivity index (χ3v) is 4.59. The number of hydrogen-bond donors (Lipinski definition) is 1. The average molecular weight is 238 g/mol. The summed E-state index contributed by atoms with van der Waals surface area (Å²) in [6, 6.07) is 1.59. The maximum atomic E-state index is 3.80. The van der Waals surface area contributed by atoms with Crippen molar-refractivity contribution in [3.8, 4) is 0 Å². The minimum absolute atomic E-state index is 0.768. The lowest BCUT2D eigenvalue weighted by Gasteiger charge is -2.44. The number of piperidine rings is 1. The molecule has 2 fully saturated rings. The molecule has 17 heavy (non-hydrogen) atoms. The fraction of sp³-hybridized carbons (Fsp3) is 1.00. The molecule has 3 atom stereocenters. The van der Waals surface area contributed by atoms with Gasteiger partial charge < -0.3 is 5.32 Å². The Bertz CT molecular complexity index is 209. The van der Waals surface area contributed by atoms with Gasteiger partial charge in [-0.05, 0) is 64.1 Å². The molecule has 0 radical (unpaired) electrons. The molecule has 2 nitrogen and oxygen atoms in total. The van der Waals surface area contributed by atoms with Gasteiger partial charge in [0.15, 0.2) is 0 Å². The van der Waals surface area contributed by atoms with Crippen LogP contribution in [0, 0.1) is 5.92 Å². The lowest BCUT2D eigenvalue weighted by Crippen LogP contribution is -2.54. The number of likely N-dealkylation sites (tertiary alicyclic amines) is 1. The molecule has 2 rings (SSSR count). The predicted molar refractivity (Wildman–Crippen MR) is 74.3 cm³/mol. The molecule has 1 aliphatic carbocycles. The third-order valence-electron chi connectivity index (χ3n) is 4.59. The Kier molecular flexibility index (Phi) is 5.30. The normalized spacial score (nSPS) is 36.0. The molecule has 0 amide bonds. The maximum absolute atomic E-state index is 3.80. The zero-order valence-electron chi connectivity index (χ0n) is 11.8. The standard InChI is InChI=1S/C15H30N2/c1-3-9-16-14-8-7-13(2)12-15(14)17-10-5-4-6-11-17/h13-16H,3-12H2,1-2H3. The summed E-state index contributed by atoms with van der Waals surface area (Å²) in [4.78, 5) is 2.78. The summed E-state index contributed by atoms with van der Waals surface area (Å²) in [5, 5.41) is 3.80. The minimum Gasteiger partial charge on any atom is -0.312 e. The molecule has 0 aromatic rings. The fourth-order valence-electron chi connectivity index (χ4n) is 3.57. The van der Waals surface area contributed by atoms with Gasteiger partial charge in [-0.3, -0.25) is 4.90 Å². The van der Waals surface area contributed by atoms with E-state index in [2.05, 4.69) is 24.1 Å². The van der Waals surface area contributed by atoms with Gasteiger partial charge in [0.05, 0.1) is 0 Å². The largest absolute Gasteiger partial charge is 0.312 e. The van der Waals surface area contributed by atoms with Crippen LogP contribution in [0.1, 0.15) is 58.8 Å². The van der Waals surface area contributed by atoms with Crippen molar-refractivity contribution in [3.05, 3.63) is 0 Å². The van der Waals surface area contributed by atoms with Crippen molar-refractivity contribution >= 4 is 0 Å². The average Bonchev–Trinajstić information content (AvgIpc) is 2.38. The molecule has 0 aromatic carbocycles. The van der Waals surface area contributed by atoms with E-state index in [1.807, 2.05) is 0 Å². The van der Waals surface area contributed by atoms with Gasteiger partial charge in [-0.1, -0.05) is 20.3 Å². The molecule has 0 bridgehead atoms. The highest BCUT2D eigenvalue weighted by atomic mass is 15.2. The smallest absolute Gasteiger partial charge is 0.0251 e. The molecule has 100 valence electrons. The molecule has 1 saturated heterocycles. The Morgan fingerprint density at radius 1 is 1.12 bits per heavy atom. The van der Waals surface area contributed by atoms with E-state index in [0.29, 0.717) is 0 Å². The van der Waals surface area contributed by atoms with Gasteiger partial charge in [0.1, 0.15) is 0 Å². The summed E-state index contributed by atoms with van der Waals surface area (Å²) in [6.45, 7) is 8.61. The summed E-state index contributed by atoms with van der Waals surface area (Å²) in [6.07, 6.45) is 9.79. The maximum Gasteiger partial charge on any atom is 0.0251 e. The van der Waals surface area contributed by atoms with Crippen molar-refractivity contribution in [2.45, 2.75) is 70.9 Å². The lowest BCUT2D eigenvalue weighted by atomic mass is 9.82. The van der Waals surface area contributed by atoms with Crippen LogP contribution in [0.4, 0.5) is 0 Å². The summed E-state index contributed by atoms with van der Waals surface area (Å²) < 4.78 is 0. The molecular weight excluding hydrogens is 208 g/mol. The first-order chi connectivity index (χ1) is 8.31. The van der Waals surface area contributed by atoms with Crippen molar-refractivity contribution in [2.24, 2.45) is 5.92 Å². The van der Waals surface area contributed by atoms with Crippen LogP contribution in [-0.2, 0) is 0 Å². The first-order valence-electron chi connectivity index (χ1n) is 7.78. The van der Waals surface area contributed by atoms with Gasteiger partial charge in [0.25, 0.3) is 0 Å². The van der Waals surface area contributed by atoms with Crippen molar-refractivity contribution in [1.82, 2.24) is 10.2 Å². The summed E-state index contributed by atoms with van der Waals surface area (Å²) >= 11 is 0. The van der Waals surface area contributed by atoms with Crippen molar-refractivity contribution in [2.75, 3.05) is 19.6 Å².